The number of benzene rings is 2. The molecule has 1 fully saturated rings. The first-order valence-electron chi connectivity index (χ1n) is 10.6. The van der Waals surface area contributed by atoms with Crippen molar-refractivity contribution in [1.82, 2.24) is 9.62 Å². The van der Waals surface area contributed by atoms with Crippen molar-refractivity contribution in [2.75, 3.05) is 12.4 Å². The molecule has 4 N–H and O–H groups in total. The number of carbonyl (C=O) groups is 4. The van der Waals surface area contributed by atoms with Crippen LogP contribution in [0.2, 0.25) is 0 Å². The van der Waals surface area contributed by atoms with Gasteiger partial charge in [-0.25, -0.2) is 22.7 Å². The number of β-lactam (4-membered cyclic amide) rings is 1. The van der Waals surface area contributed by atoms with Crippen LogP contribution in [0.25, 0.3) is 0 Å². The van der Waals surface area contributed by atoms with Crippen LogP contribution in [0.1, 0.15) is 26.3 Å². The number of carbonyl (C=O) groups excluding carboxylic acids is 3. The van der Waals surface area contributed by atoms with Gasteiger partial charge in [0, 0.05) is 11.3 Å². The molecule has 1 saturated heterocycles. The number of nitrogens with zero attached hydrogens (tertiary/aromatic N) is 1. The monoisotopic (exact) mass is 531 g/mol. The average Bonchev–Trinajstić information content (AvgIpc) is 2.86. The number of thioether (sulfide) groups is 1. The number of ether oxygens (including phenoxy) is 1. The minimum Gasteiger partial charge on any atom is -0.477 e. The summed E-state index contributed by atoms with van der Waals surface area (Å²) >= 11 is 1.25. The Kier molecular flexibility index (Phi) is 6.89. The van der Waals surface area contributed by atoms with Crippen LogP contribution in [0, 0.1) is 6.92 Å². The van der Waals surface area contributed by atoms with Crippen LogP contribution in [0.4, 0.5) is 0 Å². The van der Waals surface area contributed by atoms with Gasteiger partial charge in [-0.05, 0) is 31.2 Å². The number of fused-ring (bicyclic) bond motifs is 1. The molecule has 0 aromatic heterocycles. The molecular formula is C23H21N3O8S2. The number of carboxylic acids is 1. The van der Waals surface area contributed by atoms with E-state index in [9.17, 15) is 32.7 Å². The number of nitrogens with two attached hydrogens (primary N) is 1. The number of nitrogens with one attached hydrogen (secondary N) is 1. The fourth-order valence-corrected chi connectivity index (χ4v) is 5.97. The van der Waals surface area contributed by atoms with Crippen molar-refractivity contribution in [3.05, 3.63) is 76.5 Å². The van der Waals surface area contributed by atoms with Crippen LogP contribution in [0.15, 0.2) is 64.7 Å². The second kappa shape index (κ2) is 9.76. The highest BCUT2D eigenvalue weighted by Gasteiger charge is 2.51. The van der Waals surface area contributed by atoms with Crippen molar-refractivity contribution in [3.63, 3.8) is 0 Å². The standard InChI is InChI=1S/C23H21N3O8S2/c1-12-6-8-14(9-7-12)36(32,33)25-19(27)15-4-2-3-5-16(15)23(31)34-10-13-11-35-21-17(24)20(28)26(21)18(13)22(29)30/h2-9,17,21H,10-11,24H2,1H3,(H,25,27)(H,29,30)/t17-,21-/m1/s1. The van der Waals surface area contributed by atoms with E-state index < -0.39 is 51.8 Å². The lowest BCUT2D eigenvalue weighted by Crippen LogP contribution is -2.68. The number of hydrogen-bond donors (Lipinski definition) is 3. The number of rotatable bonds is 7. The Labute approximate surface area is 210 Å². The number of amides is 2. The van der Waals surface area contributed by atoms with Crippen molar-refractivity contribution in [2.45, 2.75) is 23.2 Å². The van der Waals surface area contributed by atoms with Crippen LogP contribution in [-0.4, -0.2) is 66.0 Å². The van der Waals surface area contributed by atoms with Crippen molar-refractivity contribution < 1.29 is 37.4 Å². The van der Waals surface area contributed by atoms with Gasteiger partial charge in [-0.2, -0.15) is 0 Å². The maximum atomic E-state index is 12.8. The third kappa shape index (κ3) is 4.72. The smallest absolute Gasteiger partial charge is 0.352 e. The average molecular weight is 532 g/mol. The predicted octanol–water partition coefficient (Wildman–Crippen LogP) is 0.852. The van der Waals surface area contributed by atoms with Gasteiger partial charge in [0.05, 0.1) is 16.0 Å². The van der Waals surface area contributed by atoms with E-state index >= 15 is 0 Å². The molecule has 0 aliphatic carbocycles. The number of aliphatic carboxylic acids is 1. The van der Waals surface area contributed by atoms with E-state index in [2.05, 4.69) is 0 Å². The third-order valence-electron chi connectivity index (χ3n) is 5.62. The van der Waals surface area contributed by atoms with E-state index in [-0.39, 0.29) is 33.0 Å². The molecule has 11 nitrogen and oxygen atoms in total. The fourth-order valence-electron chi connectivity index (χ4n) is 3.73. The van der Waals surface area contributed by atoms with Gasteiger partial charge in [0.2, 0.25) is 5.91 Å². The van der Waals surface area contributed by atoms with Crippen molar-refractivity contribution in [2.24, 2.45) is 5.73 Å². The molecule has 2 aromatic carbocycles. The van der Waals surface area contributed by atoms with E-state index in [1.165, 1.54) is 48.2 Å². The minimum atomic E-state index is -4.20. The summed E-state index contributed by atoms with van der Waals surface area (Å²) in [5.41, 5.74) is 6.01. The van der Waals surface area contributed by atoms with E-state index in [1.54, 1.807) is 19.1 Å². The normalized spacial score (nSPS) is 19.3. The number of aryl methyl sites for hydroxylation is 1. The molecule has 2 aliphatic heterocycles. The molecule has 188 valence electrons. The lowest BCUT2D eigenvalue weighted by molar-refractivity contribution is -0.148. The van der Waals surface area contributed by atoms with Crippen LogP contribution >= 0.6 is 11.8 Å². The summed E-state index contributed by atoms with van der Waals surface area (Å²) < 4.78 is 32.4. The summed E-state index contributed by atoms with van der Waals surface area (Å²) in [4.78, 5) is 50.4. The second-order valence-electron chi connectivity index (χ2n) is 8.06. The lowest BCUT2D eigenvalue weighted by Gasteiger charge is -2.47. The predicted molar refractivity (Wildman–Crippen MR) is 128 cm³/mol. The SMILES string of the molecule is Cc1ccc(S(=O)(=O)NC(=O)c2ccccc2C(=O)OCC2=C(C(=O)O)N3C(=O)[C@@H](N)[C@H]3SC2)cc1. The quantitative estimate of drug-likeness (QED) is 0.343. The van der Waals surface area contributed by atoms with E-state index in [0.29, 0.717) is 0 Å². The molecule has 2 amide bonds. The first-order chi connectivity index (χ1) is 17.0. The van der Waals surface area contributed by atoms with Gasteiger partial charge in [-0.3, -0.25) is 14.5 Å². The lowest BCUT2D eigenvalue weighted by atomic mass is 10.0. The Morgan fingerprint density at radius 3 is 2.42 bits per heavy atom. The van der Waals surface area contributed by atoms with Crippen LogP contribution in [0.3, 0.4) is 0 Å². The number of sulfonamides is 1. The van der Waals surface area contributed by atoms with Crippen molar-refractivity contribution in [1.29, 1.82) is 0 Å². The zero-order valence-corrected chi connectivity index (χ0v) is 20.5. The number of esters is 1. The number of hydrogen-bond acceptors (Lipinski definition) is 9. The Morgan fingerprint density at radius 1 is 1.14 bits per heavy atom. The summed E-state index contributed by atoms with van der Waals surface area (Å²) in [5.74, 6) is -3.72. The molecule has 0 unspecified atom stereocenters. The van der Waals surface area contributed by atoms with Gasteiger partial charge in [0.1, 0.15) is 23.7 Å². The van der Waals surface area contributed by atoms with E-state index in [4.69, 9.17) is 10.5 Å². The largest absolute Gasteiger partial charge is 0.477 e. The molecule has 0 radical (unpaired) electrons. The summed E-state index contributed by atoms with van der Waals surface area (Å²) in [6, 6.07) is 10.5. The van der Waals surface area contributed by atoms with Gasteiger partial charge in [0.25, 0.3) is 15.9 Å². The Bertz CT molecular complexity index is 1400. The highest BCUT2D eigenvalue weighted by Crippen LogP contribution is 2.39. The molecule has 4 rings (SSSR count). The zero-order valence-electron chi connectivity index (χ0n) is 18.8. The molecule has 0 saturated carbocycles. The fraction of sp³-hybridized carbons (Fsp3) is 0.217. The molecule has 36 heavy (non-hydrogen) atoms. The molecule has 2 heterocycles. The second-order valence-corrected chi connectivity index (χ2v) is 10.8. The topological polar surface area (TPSA) is 173 Å². The molecule has 2 atom stereocenters. The minimum absolute atomic E-state index is 0.122. The van der Waals surface area contributed by atoms with Crippen LogP contribution in [0.5, 0.6) is 0 Å². The highest BCUT2D eigenvalue weighted by molar-refractivity contribution is 8.00. The molecular weight excluding hydrogens is 510 g/mol. The van der Waals surface area contributed by atoms with Gasteiger partial charge in [-0.15, -0.1) is 11.8 Å². The van der Waals surface area contributed by atoms with Crippen molar-refractivity contribution in [3.8, 4) is 0 Å². The summed E-state index contributed by atoms with van der Waals surface area (Å²) in [7, 11) is -4.20. The van der Waals surface area contributed by atoms with E-state index in [0.717, 1.165) is 10.5 Å². The molecule has 0 bridgehead atoms. The number of carboxylic acid groups (broad SMARTS) is 1. The summed E-state index contributed by atoms with van der Waals surface area (Å²) in [6.07, 6.45) is 0. The molecule has 2 aliphatic rings. The molecule has 0 spiro atoms. The third-order valence-corrected chi connectivity index (χ3v) is 8.33. The Balaban J connectivity index is 1.52. The van der Waals surface area contributed by atoms with Gasteiger partial charge in [-0.1, -0.05) is 29.8 Å². The first-order valence-corrected chi connectivity index (χ1v) is 13.1. The maximum absolute atomic E-state index is 12.8. The van der Waals surface area contributed by atoms with Gasteiger partial charge >= 0.3 is 11.9 Å². The van der Waals surface area contributed by atoms with Gasteiger partial charge < -0.3 is 15.6 Å². The van der Waals surface area contributed by atoms with Crippen molar-refractivity contribution >= 4 is 45.5 Å². The Morgan fingerprint density at radius 2 is 1.78 bits per heavy atom. The maximum Gasteiger partial charge on any atom is 0.352 e. The highest BCUT2D eigenvalue weighted by atomic mass is 32.2. The van der Waals surface area contributed by atoms with Crippen LogP contribution in [-0.2, 0) is 24.3 Å². The van der Waals surface area contributed by atoms with E-state index in [1.807, 2.05) is 4.72 Å². The first kappa shape index (κ1) is 25.4. The zero-order chi connectivity index (χ0) is 26.2. The van der Waals surface area contributed by atoms with Crippen LogP contribution < -0.4 is 10.5 Å². The van der Waals surface area contributed by atoms with Gasteiger partial charge in [0.15, 0.2) is 0 Å². The molecule has 2 aromatic rings. The molecule has 13 heteroatoms. The summed E-state index contributed by atoms with van der Waals surface area (Å²) in [5, 5.41) is 9.10. The Hall–Kier alpha value is -3.68. The summed E-state index contributed by atoms with van der Waals surface area (Å²) in [6.45, 7) is 1.34.